The van der Waals surface area contributed by atoms with Crippen LogP contribution in [-0.2, 0) is 0 Å². The number of rotatable bonds is 6. The first-order chi connectivity index (χ1) is 25.8. The lowest BCUT2D eigenvalue weighted by molar-refractivity contribution is 0.619. The van der Waals surface area contributed by atoms with E-state index in [1.54, 1.807) is 0 Å². The molecule has 3 heterocycles. The van der Waals surface area contributed by atoms with Crippen LogP contribution in [0.5, 0.6) is 0 Å². The fourth-order valence-electron chi connectivity index (χ4n) is 7.03. The van der Waals surface area contributed by atoms with E-state index >= 15 is 0 Å². The zero-order valence-corrected chi connectivity index (χ0v) is 27.9. The number of fused-ring (bicyclic) bond motifs is 4. The molecule has 0 saturated carbocycles. The third-order valence-corrected chi connectivity index (χ3v) is 9.50. The van der Waals surface area contributed by atoms with E-state index < -0.39 is 0 Å². The highest BCUT2D eigenvalue weighted by molar-refractivity contribution is 6.09. The summed E-state index contributed by atoms with van der Waals surface area (Å²) in [4.78, 5) is 20.2. The summed E-state index contributed by atoms with van der Waals surface area (Å²) in [6.07, 6.45) is 0. The van der Waals surface area contributed by atoms with Gasteiger partial charge in [-0.15, -0.1) is 0 Å². The third-order valence-electron chi connectivity index (χ3n) is 9.50. The zero-order valence-electron chi connectivity index (χ0n) is 27.9. The lowest BCUT2D eigenvalue weighted by atomic mass is 10.0. The number of aromatic nitrogens is 5. The summed E-state index contributed by atoms with van der Waals surface area (Å²) in [6.45, 7) is 0. The standard InChI is InChI=1S/C46H29N5O/c1-3-14-30(15-4-1)32-18-13-19-33(28-32)44-48-43(31-16-5-2-6-17-31)49-45(50-44)34-26-27-41(37(29-34)46-47-38-22-9-12-25-42(38)52-46)51-39-23-10-7-20-35(39)36-21-8-11-24-40(36)51/h1-29H. The molecule has 52 heavy (non-hydrogen) atoms. The highest BCUT2D eigenvalue weighted by Gasteiger charge is 2.21. The van der Waals surface area contributed by atoms with Gasteiger partial charge in [0.2, 0.25) is 5.89 Å². The molecule has 0 aliphatic carbocycles. The third kappa shape index (κ3) is 5.13. The number of oxazole rings is 1. The maximum atomic E-state index is 6.47. The number of nitrogens with zero attached hydrogens (tertiary/aromatic N) is 5. The molecule has 6 heteroatoms. The highest BCUT2D eigenvalue weighted by Crippen LogP contribution is 2.39. The van der Waals surface area contributed by atoms with Crippen LogP contribution >= 0.6 is 0 Å². The van der Waals surface area contributed by atoms with E-state index in [9.17, 15) is 0 Å². The smallest absolute Gasteiger partial charge is 0.229 e. The van der Waals surface area contributed by atoms with Gasteiger partial charge in [-0.25, -0.2) is 19.9 Å². The van der Waals surface area contributed by atoms with E-state index in [0.717, 1.165) is 61.2 Å². The van der Waals surface area contributed by atoms with Crippen molar-refractivity contribution >= 4 is 32.9 Å². The summed E-state index contributed by atoms with van der Waals surface area (Å²) in [5, 5.41) is 2.36. The van der Waals surface area contributed by atoms with E-state index in [4.69, 9.17) is 24.4 Å². The molecule has 6 nitrogen and oxygen atoms in total. The van der Waals surface area contributed by atoms with Crippen LogP contribution in [0.3, 0.4) is 0 Å². The molecule has 0 amide bonds. The fourth-order valence-corrected chi connectivity index (χ4v) is 7.03. The molecule has 0 fully saturated rings. The Morgan fingerprint density at radius 2 is 0.923 bits per heavy atom. The summed E-state index contributed by atoms with van der Waals surface area (Å²) < 4.78 is 8.77. The highest BCUT2D eigenvalue weighted by atomic mass is 16.3. The van der Waals surface area contributed by atoms with Gasteiger partial charge in [0.1, 0.15) is 5.52 Å². The maximum absolute atomic E-state index is 6.47. The molecule has 10 rings (SSSR count). The van der Waals surface area contributed by atoms with E-state index in [2.05, 4.69) is 108 Å². The summed E-state index contributed by atoms with van der Waals surface area (Å²) in [6, 6.07) is 59.9. The van der Waals surface area contributed by atoms with E-state index in [1.165, 1.54) is 10.8 Å². The molecular formula is C46H29N5O. The lowest BCUT2D eigenvalue weighted by Gasteiger charge is -2.14. The SMILES string of the molecule is c1ccc(-c2cccc(-c3nc(-c4ccccc4)nc(-c4ccc(-n5c6ccccc6c6ccccc65)c(-c5nc6ccccc6o5)c4)n3)c2)cc1. The topological polar surface area (TPSA) is 69.6 Å². The van der Waals surface area contributed by atoms with E-state index in [1.807, 2.05) is 72.8 Å². The van der Waals surface area contributed by atoms with Crippen LogP contribution in [0.1, 0.15) is 0 Å². The number of benzene rings is 7. The molecule has 7 aromatic carbocycles. The Hall–Kier alpha value is -7.18. The Labute approximate surface area is 299 Å². The second-order valence-corrected chi connectivity index (χ2v) is 12.7. The molecule has 0 atom stereocenters. The predicted molar refractivity (Wildman–Crippen MR) is 209 cm³/mol. The second-order valence-electron chi connectivity index (χ2n) is 12.7. The van der Waals surface area contributed by atoms with Crippen molar-refractivity contribution in [1.29, 1.82) is 0 Å². The molecule has 0 unspecified atom stereocenters. The van der Waals surface area contributed by atoms with Gasteiger partial charge in [-0.1, -0.05) is 127 Å². The van der Waals surface area contributed by atoms with E-state index in [0.29, 0.717) is 23.4 Å². The van der Waals surface area contributed by atoms with Crippen molar-refractivity contribution in [2.45, 2.75) is 0 Å². The van der Waals surface area contributed by atoms with Crippen molar-refractivity contribution in [2.75, 3.05) is 0 Å². The Balaban J connectivity index is 1.21. The van der Waals surface area contributed by atoms with Gasteiger partial charge < -0.3 is 8.98 Å². The lowest BCUT2D eigenvalue weighted by Crippen LogP contribution is -2.02. The van der Waals surface area contributed by atoms with Gasteiger partial charge in [-0.3, -0.25) is 0 Å². The number of para-hydroxylation sites is 4. The summed E-state index contributed by atoms with van der Waals surface area (Å²) in [5.41, 5.74) is 10.3. The van der Waals surface area contributed by atoms with Gasteiger partial charge >= 0.3 is 0 Å². The van der Waals surface area contributed by atoms with Crippen LogP contribution < -0.4 is 0 Å². The minimum Gasteiger partial charge on any atom is -0.436 e. The number of hydrogen-bond acceptors (Lipinski definition) is 5. The molecule has 0 bridgehead atoms. The van der Waals surface area contributed by atoms with Gasteiger partial charge in [-0.05, 0) is 59.7 Å². The van der Waals surface area contributed by atoms with Crippen molar-refractivity contribution in [1.82, 2.24) is 24.5 Å². The minimum atomic E-state index is 0.521. The maximum Gasteiger partial charge on any atom is 0.229 e. The molecule has 244 valence electrons. The monoisotopic (exact) mass is 667 g/mol. The van der Waals surface area contributed by atoms with Crippen LogP contribution in [0.25, 0.3) is 95.3 Å². The van der Waals surface area contributed by atoms with Gasteiger partial charge in [0.15, 0.2) is 23.1 Å². The molecule has 0 radical (unpaired) electrons. The van der Waals surface area contributed by atoms with Crippen LogP contribution in [0.4, 0.5) is 0 Å². The molecule has 0 N–H and O–H groups in total. The largest absolute Gasteiger partial charge is 0.436 e. The summed E-state index contributed by atoms with van der Waals surface area (Å²) in [7, 11) is 0. The first kappa shape index (κ1) is 29.7. The minimum absolute atomic E-state index is 0.521. The molecule has 0 aliphatic heterocycles. The van der Waals surface area contributed by atoms with Gasteiger partial charge in [0.25, 0.3) is 0 Å². The van der Waals surface area contributed by atoms with Crippen LogP contribution in [0, 0.1) is 0 Å². The zero-order chi connectivity index (χ0) is 34.4. The van der Waals surface area contributed by atoms with Crippen LogP contribution in [-0.4, -0.2) is 24.5 Å². The average Bonchev–Trinajstić information content (AvgIpc) is 3.81. The van der Waals surface area contributed by atoms with Gasteiger partial charge in [-0.2, -0.15) is 0 Å². The Bertz CT molecular complexity index is 2820. The van der Waals surface area contributed by atoms with Crippen LogP contribution in [0.2, 0.25) is 0 Å². The molecule has 3 aromatic heterocycles. The molecular weight excluding hydrogens is 639 g/mol. The summed E-state index contributed by atoms with van der Waals surface area (Å²) >= 11 is 0. The first-order valence-corrected chi connectivity index (χ1v) is 17.2. The normalized spacial score (nSPS) is 11.5. The molecule has 10 aromatic rings. The quantitative estimate of drug-likeness (QED) is 0.176. The van der Waals surface area contributed by atoms with Crippen LogP contribution in [0.15, 0.2) is 180 Å². The molecule has 0 aliphatic rings. The Kier molecular flexibility index (Phi) is 7.03. The van der Waals surface area contributed by atoms with Crippen molar-refractivity contribution < 1.29 is 4.42 Å². The van der Waals surface area contributed by atoms with Crippen molar-refractivity contribution in [3.05, 3.63) is 176 Å². The predicted octanol–water partition coefficient (Wildman–Crippen LogP) is 11.4. The first-order valence-electron chi connectivity index (χ1n) is 17.2. The van der Waals surface area contributed by atoms with Crippen molar-refractivity contribution in [3.63, 3.8) is 0 Å². The molecule has 0 saturated heterocycles. The average molecular weight is 668 g/mol. The molecule has 0 spiro atoms. The van der Waals surface area contributed by atoms with Crippen molar-refractivity contribution in [3.8, 4) is 62.4 Å². The fraction of sp³-hybridized carbons (Fsp3) is 0. The van der Waals surface area contributed by atoms with Gasteiger partial charge in [0, 0.05) is 27.5 Å². The second kappa shape index (κ2) is 12.3. The van der Waals surface area contributed by atoms with Crippen molar-refractivity contribution in [2.24, 2.45) is 0 Å². The Morgan fingerprint density at radius 1 is 0.385 bits per heavy atom. The Morgan fingerprint density at radius 3 is 1.62 bits per heavy atom. The number of hydrogen-bond donors (Lipinski definition) is 0. The van der Waals surface area contributed by atoms with E-state index in [-0.39, 0.29) is 0 Å². The van der Waals surface area contributed by atoms with Gasteiger partial charge in [0.05, 0.1) is 22.3 Å². The summed E-state index contributed by atoms with van der Waals surface area (Å²) in [5.74, 6) is 2.27.